The van der Waals surface area contributed by atoms with Crippen LogP contribution in [0.2, 0.25) is 0 Å². The third-order valence-electron chi connectivity index (χ3n) is 4.88. The molecule has 3 heterocycles. The summed E-state index contributed by atoms with van der Waals surface area (Å²) in [6, 6.07) is 2.01. The normalized spacial score (nSPS) is 27.2. The quantitative estimate of drug-likeness (QED) is 0.835. The number of rotatable bonds is 3. The fourth-order valence-corrected chi connectivity index (χ4v) is 5.27. The molecular weight excluding hydrogens is 312 g/mol. The van der Waals surface area contributed by atoms with E-state index < -0.39 is 9.84 Å². The standard InChI is InChI=1S/C16H26N4O2S/c1-12-5-4-7-20(10-12)15-9-13(2)17-16(18-15)19(3)14-6-8-23(21,22)11-14/h9,12,14H,4-8,10-11H2,1-3H3. The molecule has 0 radical (unpaired) electrons. The van der Waals surface area contributed by atoms with Crippen LogP contribution in [0.15, 0.2) is 6.07 Å². The summed E-state index contributed by atoms with van der Waals surface area (Å²) in [5, 5.41) is 0. The molecule has 23 heavy (non-hydrogen) atoms. The van der Waals surface area contributed by atoms with Crippen molar-refractivity contribution >= 4 is 21.6 Å². The fraction of sp³-hybridized carbons (Fsp3) is 0.750. The van der Waals surface area contributed by atoms with Crippen molar-refractivity contribution in [3.05, 3.63) is 11.8 Å². The Kier molecular flexibility index (Phi) is 4.49. The van der Waals surface area contributed by atoms with Gasteiger partial charge < -0.3 is 9.80 Å². The van der Waals surface area contributed by atoms with Gasteiger partial charge in [0.1, 0.15) is 5.82 Å². The van der Waals surface area contributed by atoms with E-state index in [2.05, 4.69) is 16.8 Å². The first-order valence-corrected chi connectivity index (χ1v) is 10.2. The monoisotopic (exact) mass is 338 g/mol. The molecule has 0 saturated carbocycles. The van der Waals surface area contributed by atoms with Crippen LogP contribution >= 0.6 is 0 Å². The van der Waals surface area contributed by atoms with Crippen LogP contribution in [0.5, 0.6) is 0 Å². The summed E-state index contributed by atoms with van der Waals surface area (Å²) in [6.45, 7) is 6.30. The predicted molar refractivity (Wildman–Crippen MR) is 92.8 cm³/mol. The van der Waals surface area contributed by atoms with Gasteiger partial charge in [-0.05, 0) is 32.1 Å². The van der Waals surface area contributed by atoms with E-state index in [1.165, 1.54) is 12.8 Å². The molecule has 1 aromatic heterocycles. The Morgan fingerprint density at radius 2 is 2.09 bits per heavy atom. The van der Waals surface area contributed by atoms with E-state index in [4.69, 9.17) is 4.98 Å². The summed E-state index contributed by atoms with van der Waals surface area (Å²) in [5.74, 6) is 2.76. The highest BCUT2D eigenvalue weighted by molar-refractivity contribution is 7.91. The lowest BCUT2D eigenvalue weighted by molar-refractivity contribution is 0.444. The van der Waals surface area contributed by atoms with Crippen molar-refractivity contribution in [1.82, 2.24) is 9.97 Å². The molecule has 0 aliphatic carbocycles. The molecule has 2 aliphatic heterocycles. The molecule has 6 nitrogen and oxygen atoms in total. The van der Waals surface area contributed by atoms with Crippen molar-refractivity contribution in [1.29, 1.82) is 0 Å². The van der Waals surface area contributed by atoms with Crippen LogP contribution in [-0.2, 0) is 9.84 Å². The van der Waals surface area contributed by atoms with Gasteiger partial charge in [-0.25, -0.2) is 13.4 Å². The van der Waals surface area contributed by atoms with Crippen molar-refractivity contribution < 1.29 is 8.42 Å². The van der Waals surface area contributed by atoms with Gasteiger partial charge in [-0.3, -0.25) is 0 Å². The van der Waals surface area contributed by atoms with E-state index >= 15 is 0 Å². The summed E-state index contributed by atoms with van der Waals surface area (Å²) in [6.07, 6.45) is 3.12. The molecule has 7 heteroatoms. The average molecular weight is 338 g/mol. The van der Waals surface area contributed by atoms with Gasteiger partial charge in [-0.2, -0.15) is 4.98 Å². The van der Waals surface area contributed by atoms with Crippen molar-refractivity contribution in [2.24, 2.45) is 5.92 Å². The largest absolute Gasteiger partial charge is 0.356 e. The lowest BCUT2D eigenvalue weighted by Crippen LogP contribution is -2.37. The van der Waals surface area contributed by atoms with E-state index in [0.29, 0.717) is 18.3 Å². The Labute approximate surface area is 138 Å². The van der Waals surface area contributed by atoms with Gasteiger partial charge in [0.05, 0.1) is 11.5 Å². The molecule has 2 atom stereocenters. The Balaban J connectivity index is 1.82. The van der Waals surface area contributed by atoms with Gasteiger partial charge in [-0.1, -0.05) is 6.92 Å². The molecule has 2 unspecified atom stereocenters. The van der Waals surface area contributed by atoms with Crippen LogP contribution in [-0.4, -0.2) is 56.1 Å². The van der Waals surface area contributed by atoms with Gasteiger partial charge >= 0.3 is 0 Å². The fourth-order valence-electron chi connectivity index (χ4n) is 3.50. The van der Waals surface area contributed by atoms with Crippen molar-refractivity contribution in [2.75, 3.05) is 41.4 Å². The van der Waals surface area contributed by atoms with Crippen molar-refractivity contribution in [3.8, 4) is 0 Å². The highest BCUT2D eigenvalue weighted by Gasteiger charge is 2.32. The average Bonchev–Trinajstić information content (AvgIpc) is 2.86. The summed E-state index contributed by atoms with van der Waals surface area (Å²) in [4.78, 5) is 13.5. The van der Waals surface area contributed by atoms with Crippen LogP contribution in [0, 0.1) is 12.8 Å². The molecule has 0 spiro atoms. The third-order valence-corrected chi connectivity index (χ3v) is 6.63. The number of aromatic nitrogens is 2. The van der Waals surface area contributed by atoms with Crippen LogP contribution in [0.4, 0.5) is 11.8 Å². The zero-order valence-electron chi connectivity index (χ0n) is 14.2. The van der Waals surface area contributed by atoms with Gasteiger partial charge in [0, 0.05) is 37.9 Å². The molecule has 2 aliphatic rings. The van der Waals surface area contributed by atoms with E-state index in [9.17, 15) is 8.42 Å². The topological polar surface area (TPSA) is 66.4 Å². The molecule has 1 aromatic rings. The minimum absolute atomic E-state index is 0.0186. The van der Waals surface area contributed by atoms with Crippen LogP contribution < -0.4 is 9.80 Å². The number of piperidine rings is 1. The zero-order valence-corrected chi connectivity index (χ0v) is 15.0. The SMILES string of the molecule is Cc1cc(N2CCCC(C)C2)nc(N(C)C2CCS(=O)(=O)C2)n1. The number of aryl methyl sites for hydroxylation is 1. The maximum absolute atomic E-state index is 11.7. The first kappa shape index (κ1) is 16.5. The lowest BCUT2D eigenvalue weighted by atomic mass is 10.0. The van der Waals surface area contributed by atoms with Gasteiger partial charge in [0.25, 0.3) is 0 Å². The molecule has 128 valence electrons. The molecule has 2 fully saturated rings. The molecular formula is C16H26N4O2S. The van der Waals surface area contributed by atoms with Gasteiger partial charge in [0.2, 0.25) is 5.95 Å². The Hall–Kier alpha value is -1.37. The smallest absolute Gasteiger partial charge is 0.227 e. The summed E-state index contributed by atoms with van der Waals surface area (Å²) in [5.41, 5.74) is 0.927. The number of anilines is 2. The Bertz CT molecular complexity index is 677. The first-order valence-electron chi connectivity index (χ1n) is 8.38. The van der Waals surface area contributed by atoms with E-state index in [1.807, 2.05) is 24.9 Å². The second-order valence-corrected chi connectivity index (χ2v) is 9.26. The van der Waals surface area contributed by atoms with E-state index in [1.54, 1.807) is 0 Å². The van der Waals surface area contributed by atoms with Crippen molar-refractivity contribution in [3.63, 3.8) is 0 Å². The highest BCUT2D eigenvalue weighted by atomic mass is 32.2. The Morgan fingerprint density at radius 1 is 1.30 bits per heavy atom. The van der Waals surface area contributed by atoms with E-state index in [0.717, 1.165) is 24.6 Å². The minimum atomic E-state index is -2.90. The van der Waals surface area contributed by atoms with Gasteiger partial charge in [-0.15, -0.1) is 0 Å². The Morgan fingerprint density at radius 3 is 2.74 bits per heavy atom. The lowest BCUT2D eigenvalue weighted by Gasteiger charge is -2.33. The zero-order chi connectivity index (χ0) is 16.6. The molecule has 0 N–H and O–H groups in total. The van der Waals surface area contributed by atoms with Crippen LogP contribution in [0.1, 0.15) is 31.9 Å². The molecule has 0 amide bonds. The maximum Gasteiger partial charge on any atom is 0.227 e. The van der Waals surface area contributed by atoms with Crippen LogP contribution in [0.25, 0.3) is 0 Å². The first-order chi connectivity index (χ1) is 10.8. The summed E-state index contributed by atoms with van der Waals surface area (Å²) >= 11 is 0. The minimum Gasteiger partial charge on any atom is -0.356 e. The van der Waals surface area contributed by atoms with Crippen LogP contribution in [0.3, 0.4) is 0 Å². The number of hydrogen-bond acceptors (Lipinski definition) is 6. The highest BCUT2D eigenvalue weighted by Crippen LogP contribution is 2.25. The predicted octanol–water partition coefficient (Wildman–Crippen LogP) is 1.64. The molecule has 2 saturated heterocycles. The number of hydrogen-bond donors (Lipinski definition) is 0. The second kappa shape index (κ2) is 6.26. The number of nitrogens with zero attached hydrogens (tertiary/aromatic N) is 4. The summed E-state index contributed by atoms with van der Waals surface area (Å²) in [7, 11) is -0.998. The summed E-state index contributed by atoms with van der Waals surface area (Å²) < 4.78 is 23.4. The van der Waals surface area contributed by atoms with Crippen molar-refractivity contribution in [2.45, 2.75) is 39.2 Å². The third kappa shape index (κ3) is 3.76. The molecule has 0 bridgehead atoms. The molecule has 0 aromatic carbocycles. The maximum atomic E-state index is 11.7. The van der Waals surface area contributed by atoms with E-state index in [-0.39, 0.29) is 17.5 Å². The number of sulfone groups is 1. The molecule has 3 rings (SSSR count). The van der Waals surface area contributed by atoms with Gasteiger partial charge in [0.15, 0.2) is 9.84 Å². The second-order valence-electron chi connectivity index (χ2n) is 7.03.